The Morgan fingerprint density at radius 1 is 1.75 bits per heavy atom. The Balaban J connectivity index is 2.44. The molecule has 0 radical (unpaired) electrons. The smallest absolute Gasteiger partial charge is 0.308 e. The number of carboxylic acids is 1. The molecule has 46 valence electrons. The molecule has 0 amide bonds. The largest absolute Gasteiger partial charge is 0.481 e. The van der Waals surface area contributed by atoms with E-state index in [4.69, 9.17) is 16.7 Å². The highest BCUT2D eigenvalue weighted by Gasteiger charge is 2.50. The summed E-state index contributed by atoms with van der Waals surface area (Å²) < 4.78 is 0. The maximum absolute atomic E-state index is 10.1. The lowest BCUT2D eigenvalue weighted by Crippen LogP contribution is -1.99. The number of rotatable bonds is 1. The van der Waals surface area contributed by atoms with Gasteiger partial charge in [0.05, 0.1) is 11.3 Å². The number of carboxylic acid groups (broad SMARTS) is 1. The third-order valence-corrected chi connectivity index (χ3v) is 2.23. The first-order valence-electron chi connectivity index (χ1n) is 2.51. The lowest BCUT2D eigenvalue weighted by molar-refractivity contribution is -0.138. The zero-order valence-corrected chi connectivity index (χ0v) is 5.22. The van der Waals surface area contributed by atoms with Crippen molar-refractivity contribution in [3.63, 3.8) is 0 Å². The normalized spacial score (nSPS) is 44.0. The molecular formula is C5H7ClO2. The topological polar surface area (TPSA) is 37.3 Å². The number of hydrogen-bond donors (Lipinski definition) is 1. The Morgan fingerprint density at radius 2 is 2.12 bits per heavy atom. The van der Waals surface area contributed by atoms with Gasteiger partial charge in [0.25, 0.3) is 0 Å². The van der Waals surface area contributed by atoms with Gasteiger partial charge in [0.1, 0.15) is 0 Å². The van der Waals surface area contributed by atoms with Crippen LogP contribution in [0.5, 0.6) is 0 Å². The Hall–Kier alpha value is -0.240. The molecular weight excluding hydrogens is 128 g/mol. The molecule has 0 unspecified atom stereocenters. The molecule has 0 aromatic heterocycles. The van der Waals surface area contributed by atoms with E-state index < -0.39 is 5.97 Å². The molecule has 0 heterocycles. The Morgan fingerprint density at radius 3 is 2.12 bits per heavy atom. The van der Waals surface area contributed by atoms with Gasteiger partial charge >= 0.3 is 5.97 Å². The third kappa shape index (κ3) is 0.689. The zero-order chi connectivity index (χ0) is 6.31. The van der Waals surface area contributed by atoms with Crippen LogP contribution in [0.25, 0.3) is 0 Å². The van der Waals surface area contributed by atoms with E-state index in [0.717, 1.165) is 0 Å². The Bertz CT molecular complexity index is 116. The summed E-state index contributed by atoms with van der Waals surface area (Å²) in [5.41, 5.74) is 0. The van der Waals surface area contributed by atoms with Gasteiger partial charge < -0.3 is 5.11 Å². The summed E-state index contributed by atoms with van der Waals surface area (Å²) in [5, 5.41) is 8.19. The van der Waals surface area contributed by atoms with Crippen molar-refractivity contribution in [2.45, 2.75) is 12.3 Å². The van der Waals surface area contributed by atoms with E-state index in [-0.39, 0.29) is 17.2 Å². The molecule has 1 N–H and O–H groups in total. The molecule has 2 nitrogen and oxygen atoms in total. The second-order valence-corrected chi connectivity index (χ2v) is 2.67. The van der Waals surface area contributed by atoms with E-state index >= 15 is 0 Å². The highest BCUT2D eigenvalue weighted by molar-refractivity contribution is 6.24. The van der Waals surface area contributed by atoms with E-state index in [1.807, 2.05) is 6.92 Å². The summed E-state index contributed by atoms with van der Waals surface area (Å²) in [7, 11) is 0. The van der Waals surface area contributed by atoms with Gasteiger partial charge in [-0.1, -0.05) is 6.92 Å². The number of halogens is 1. The van der Waals surface area contributed by atoms with Crippen LogP contribution in [0, 0.1) is 11.8 Å². The molecule has 1 aliphatic carbocycles. The van der Waals surface area contributed by atoms with Crippen LogP contribution in [0.2, 0.25) is 0 Å². The Kier molecular flexibility index (Phi) is 1.19. The molecule has 0 bridgehead atoms. The van der Waals surface area contributed by atoms with E-state index in [1.165, 1.54) is 0 Å². The molecule has 0 aromatic carbocycles. The van der Waals surface area contributed by atoms with Crippen LogP contribution in [0.3, 0.4) is 0 Å². The molecule has 0 aromatic rings. The summed E-state index contributed by atoms with van der Waals surface area (Å²) in [5.74, 6) is -0.872. The van der Waals surface area contributed by atoms with Crippen LogP contribution in [0.15, 0.2) is 0 Å². The monoisotopic (exact) mass is 134 g/mol. The van der Waals surface area contributed by atoms with Crippen molar-refractivity contribution in [2.24, 2.45) is 11.8 Å². The molecule has 0 spiro atoms. The fourth-order valence-corrected chi connectivity index (χ4v) is 1.19. The van der Waals surface area contributed by atoms with Crippen molar-refractivity contribution in [2.75, 3.05) is 0 Å². The van der Waals surface area contributed by atoms with E-state index in [9.17, 15) is 4.79 Å². The van der Waals surface area contributed by atoms with Crippen molar-refractivity contribution >= 4 is 17.6 Å². The highest BCUT2D eigenvalue weighted by Crippen LogP contribution is 2.43. The first-order chi connectivity index (χ1) is 3.64. The van der Waals surface area contributed by atoms with Crippen molar-refractivity contribution in [1.29, 1.82) is 0 Å². The highest BCUT2D eigenvalue weighted by atomic mass is 35.5. The van der Waals surface area contributed by atoms with Crippen LogP contribution >= 0.6 is 11.6 Å². The van der Waals surface area contributed by atoms with Gasteiger partial charge in [0.2, 0.25) is 0 Å². The maximum Gasteiger partial charge on any atom is 0.308 e. The van der Waals surface area contributed by atoms with Crippen LogP contribution in [-0.2, 0) is 4.79 Å². The molecule has 1 aliphatic rings. The first kappa shape index (κ1) is 5.89. The Labute approximate surface area is 52.5 Å². The minimum Gasteiger partial charge on any atom is -0.481 e. The predicted octanol–water partition coefficient (Wildman–Crippen LogP) is 0.944. The molecule has 1 rings (SSSR count). The maximum atomic E-state index is 10.1. The van der Waals surface area contributed by atoms with Crippen LogP contribution in [0.4, 0.5) is 0 Å². The standard InChI is InChI=1S/C5H7ClO2/c1-2-3(4(2)6)5(7)8/h2-4H,1H3,(H,7,8)/t2-,3-,4+/m0/s1. The minimum absolute atomic E-state index is 0.118. The average molecular weight is 135 g/mol. The van der Waals surface area contributed by atoms with Gasteiger partial charge in [-0.15, -0.1) is 11.6 Å². The number of hydrogen-bond acceptors (Lipinski definition) is 1. The van der Waals surface area contributed by atoms with Crippen molar-refractivity contribution in [3.05, 3.63) is 0 Å². The lowest BCUT2D eigenvalue weighted by atomic mass is 10.3. The van der Waals surface area contributed by atoms with Crippen LogP contribution in [0.1, 0.15) is 6.92 Å². The van der Waals surface area contributed by atoms with Gasteiger partial charge in [0.15, 0.2) is 0 Å². The third-order valence-electron chi connectivity index (χ3n) is 1.56. The predicted molar refractivity (Wildman–Crippen MR) is 29.9 cm³/mol. The molecule has 3 heteroatoms. The number of carbonyl (C=O) groups is 1. The van der Waals surface area contributed by atoms with Crippen molar-refractivity contribution in [1.82, 2.24) is 0 Å². The summed E-state index contributed by atoms with van der Waals surface area (Å²) in [4.78, 5) is 10.1. The summed E-state index contributed by atoms with van der Waals surface area (Å²) >= 11 is 5.52. The second-order valence-electron chi connectivity index (χ2n) is 2.17. The summed E-state index contributed by atoms with van der Waals surface area (Å²) in [6.07, 6.45) is 0. The second kappa shape index (κ2) is 1.62. The molecule has 1 saturated carbocycles. The fourth-order valence-electron chi connectivity index (χ4n) is 0.775. The summed E-state index contributed by atoms with van der Waals surface area (Å²) in [6, 6.07) is 0. The SMILES string of the molecule is C[C@@H]1[C@@H](Cl)[C@H]1C(=O)O. The van der Waals surface area contributed by atoms with Gasteiger partial charge in [-0.25, -0.2) is 0 Å². The van der Waals surface area contributed by atoms with Gasteiger partial charge in [-0.3, -0.25) is 4.79 Å². The number of aliphatic carboxylic acids is 1. The minimum atomic E-state index is -0.766. The molecule has 1 fully saturated rings. The fraction of sp³-hybridized carbons (Fsp3) is 0.800. The van der Waals surface area contributed by atoms with Gasteiger partial charge in [-0.05, 0) is 5.92 Å². The van der Waals surface area contributed by atoms with E-state index in [0.29, 0.717) is 0 Å². The zero-order valence-electron chi connectivity index (χ0n) is 4.47. The molecule has 8 heavy (non-hydrogen) atoms. The molecule has 3 atom stereocenters. The van der Waals surface area contributed by atoms with Crippen LogP contribution in [-0.4, -0.2) is 16.5 Å². The van der Waals surface area contributed by atoms with Gasteiger partial charge in [0, 0.05) is 0 Å². The quantitative estimate of drug-likeness (QED) is 0.542. The van der Waals surface area contributed by atoms with E-state index in [2.05, 4.69) is 0 Å². The first-order valence-corrected chi connectivity index (χ1v) is 2.95. The van der Waals surface area contributed by atoms with E-state index in [1.54, 1.807) is 0 Å². The number of alkyl halides is 1. The van der Waals surface area contributed by atoms with Crippen molar-refractivity contribution in [3.8, 4) is 0 Å². The van der Waals surface area contributed by atoms with Crippen molar-refractivity contribution < 1.29 is 9.90 Å². The lowest BCUT2D eigenvalue weighted by Gasteiger charge is -1.80. The van der Waals surface area contributed by atoms with Crippen LogP contribution < -0.4 is 0 Å². The van der Waals surface area contributed by atoms with Gasteiger partial charge in [-0.2, -0.15) is 0 Å². The summed E-state index contributed by atoms with van der Waals surface area (Å²) in [6.45, 7) is 1.84. The molecule has 0 saturated heterocycles. The molecule has 0 aliphatic heterocycles. The average Bonchev–Trinajstić information content (AvgIpc) is 2.15.